The molecule has 3 aromatic carbocycles. The maximum absolute atomic E-state index is 13.5. The fourth-order valence-corrected chi connectivity index (χ4v) is 3.75. The number of nitro groups is 1. The van der Waals surface area contributed by atoms with Gasteiger partial charge < -0.3 is 5.11 Å². The van der Waals surface area contributed by atoms with E-state index in [0.717, 1.165) is 22.6 Å². The molecular weight excluding hydrogens is 415 g/mol. The van der Waals surface area contributed by atoms with E-state index in [2.05, 4.69) is 0 Å². The summed E-state index contributed by atoms with van der Waals surface area (Å²) in [4.78, 5) is 38.2. The van der Waals surface area contributed by atoms with Gasteiger partial charge in [-0.3, -0.25) is 24.6 Å². The van der Waals surface area contributed by atoms with Crippen molar-refractivity contribution < 1.29 is 24.0 Å². The summed E-state index contributed by atoms with van der Waals surface area (Å²) in [5.74, 6) is -2.97. The van der Waals surface area contributed by atoms with E-state index in [0.29, 0.717) is 0 Å². The number of hydrogen-bond donors (Lipinski definition) is 1. The molecular formula is C24H17FN2O5. The van der Waals surface area contributed by atoms with Crippen LogP contribution in [0.1, 0.15) is 22.7 Å². The number of aliphatic hydroxyl groups is 1. The highest BCUT2D eigenvalue weighted by Gasteiger charge is 2.48. The Balaban J connectivity index is 2.00. The minimum absolute atomic E-state index is 0.0506. The summed E-state index contributed by atoms with van der Waals surface area (Å²) in [5.41, 5.74) is 0.827. The van der Waals surface area contributed by atoms with Gasteiger partial charge in [0.1, 0.15) is 17.6 Å². The average molecular weight is 432 g/mol. The molecule has 1 aliphatic rings. The number of carbonyl (C=O) groups excluding carboxylic acids is 2. The second-order valence-electron chi connectivity index (χ2n) is 7.33. The van der Waals surface area contributed by atoms with E-state index in [1.54, 1.807) is 30.3 Å². The number of carbonyl (C=O) groups is 2. The summed E-state index contributed by atoms with van der Waals surface area (Å²) in [7, 11) is 0. The fraction of sp³-hybridized carbons (Fsp3) is 0.0833. The third-order valence-corrected chi connectivity index (χ3v) is 5.30. The van der Waals surface area contributed by atoms with Crippen LogP contribution < -0.4 is 4.90 Å². The second kappa shape index (κ2) is 8.07. The second-order valence-corrected chi connectivity index (χ2v) is 7.33. The number of aliphatic hydroxyl groups excluding tert-OH is 1. The zero-order valence-corrected chi connectivity index (χ0v) is 16.9. The molecule has 1 amide bonds. The van der Waals surface area contributed by atoms with E-state index in [-0.39, 0.29) is 28.1 Å². The van der Waals surface area contributed by atoms with Crippen molar-refractivity contribution in [2.75, 3.05) is 4.90 Å². The smallest absolute Gasteiger partial charge is 0.300 e. The quantitative estimate of drug-likeness (QED) is 0.212. The lowest BCUT2D eigenvalue weighted by molar-refractivity contribution is -0.385. The van der Waals surface area contributed by atoms with Crippen LogP contribution in [0.3, 0.4) is 0 Å². The summed E-state index contributed by atoms with van der Waals surface area (Å²) < 4.78 is 13.5. The van der Waals surface area contributed by atoms with Crippen molar-refractivity contribution in [2.45, 2.75) is 13.0 Å². The third kappa shape index (κ3) is 3.51. The van der Waals surface area contributed by atoms with E-state index >= 15 is 0 Å². The van der Waals surface area contributed by atoms with Crippen LogP contribution in [0.5, 0.6) is 0 Å². The first-order chi connectivity index (χ1) is 15.3. The first kappa shape index (κ1) is 20.9. The van der Waals surface area contributed by atoms with Crippen LogP contribution in [0.25, 0.3) is 5.76 Å². The van der Waals surface area contributed by atoms with Crippen molar-refractivity contribution in [2.24, 2.45) is 0 Å². The molecule has 4 rings (SSSR count). The van der Waals surface area contributed by atoms with Crippen molar-refractivity contribution in [3.63, 3.8) is 0 Å². The van der Waals surface area contributed by atoms with Crippen LogP contribution in [-0.2, 0) is 9.59 Å². The Morgan fingerprint density at radius 1 is 1.00 bits per heavy atom. The number of rotatable bonds is 4. The Morgan fingerprint density at radius 3 is 2.25 bits per heavy atom. The van der Waals surface area contributed by atoms with Gasteiger partial charge in [0.15, 0.2) is 0 Å². The van der Waals surface area contributed by atoms with E-state index in [1.807, 2.05) is 6.92 Å². The SMILES string of the molecule is Cc1ccc(/C(O)=C2\C(=O)C(=O)N(c3ccc(F)cc3)[C@H]2c2ccccc2[N+](=O)[O-])cc1. The summed E-state index contributed by atoms with van der Waals surface area (Å²) in [6.07, 6.45) is 0. The summed E-state index contributed by atoms with van der Waals surface area (Å²) in [6, 6.07) is 15.9. The molecule has 1 fully saturated rings. The lowest BCUT2D eigenvalue weighted by Crippen LogP contribution is -2.29. The van der Waals surface area contributed by atoms with Gasteiger partial charge in [-0.1, -0.05) is 42.0 Å². The van der Waals surface area contributed by atoms with Gasteiger partial charge in [-0.2, -0.15) is 0 Å². The van der Waals surface area contributed by atoms with E-state index in [9.17, 15) is 29.2 Å². The lowest BCUT2D eigenvalue weighted by atomic mass is 9.94. The highest BCUT2D eigenvalue weighted by molar-refractivity contribution is 6.51. The summed E-state index contributed by atoms with van der Waals surface area (Å²) in [6.45, 7) is 1.85. The van der Waals surface area contributed by atoms with E-state index < -0.39 is 34.2 Å². The molecule has 7 nitrogen and oxygen atoms in total. The summed E-state index contributed by atoms with van der Waals surface area (Å²) in [5, 5.41) is 22.7. The van der Waals surface area contributed by atoms with Crippen LogP contribution in [-0.4, -0.2) is 21.7 Å². The first-order valence-electron chi connectivity index (χ1n) is 9.66. The van der Waals surface area contributed by atoms with Gasteiger partial charge in [0.05, 0.1) is 16.1 Å². The average Bonchev–Trinajstić information content (AvgIpc) is 3.05. The van der Waals surface area contributed by atoms with Gasteiger partial charge in [0.2, 0.25) is 0 Å². The molecule has 1 saturated heterocycles. The zero-order valence-electron chi connectivity index (χ0n) is 16.9. The number of benzene rings is 3. The topological polar surface area (TPSA) is 101 Å². The Kier molecular flexibility index (Phi) is 5.28. The molecule has 3 aromatic rings. The highest BCUT2D eigenvalue weighted by atomic mass is 19.1. The molecule has 0 bridgehead atoms. The number of aryl methyl sites for hydroxylation is 1. The van der Waals surface area contributed by atoms with Crippen molar-refractivity contribution >= 4 is 28.8 Å². The van der Waals surface area contributed by atoms with Gasteiger partial charge in [-0.05, 0) is 37.3 Å². The van der Waals surface area contributed by atoms with Gasteiger partial charge in [0.25, 0.3) is 17.4 Å². The normalized spacial score (nSPS) is 17.6. The van der Waals surface area contributed by atoms with Gasteiger partial charge in [-0.25, -0.2) is 4.39 Å². The largest absolute Gasteiger partial charge is 0.507 e. The lowest BCUT2D eigenvalue weighted by Gasteiger charge is -2.25. The molecule has 0 spiro atoms. The molecule has 160 valence electrons. The van der Waals surface area contributed by atoms with E-state index in [4.69, 9.17) is 0 Å². The van der Waals surface area contributed by atoms with Gasteiger partial charge in [0, 0.05) is 17.3 Å². The van der Waals surface area contributed by atoms with Crippen molar-refractivity contribution in [3.05, 3.63) is 111 Å². The number of halogens is 1. The number of hydrogen-bond acceptors (Lipinski definition) is 5. The number of amides is 1. The molecule has 0 radical (unpaired) electrons. The standard InChI is InChI=1S/C24H17FN2O5/c1-14-6-8-15(9-7-14)22(28)20-21(18-4-2-3-5-19(18)27(31)32)26(24(30)23(20)29)17-12-10-16(25)11-13-17/h2-13,21,28H,1H3/b22-20+/t21-/m0/s1. The zero-order chi connectivity index (χ0) is 23.0. The fourth-order valence-electron chi connectivity index (χ4n) is 3.75. The third-order valence-electron chi connectivity index (χ3n) is 5.30. The van der Waals surface area contributed by atoms with Crippen molar-refractivity contribution in [1.82, 2.24) is 0 Å². The van der Waals surface area contributed by atoms with Crippen LogP contribution >= 0.6 is 0 Å². The maximum Gasteiger partial charge on any atom is 0.300 e. The van der Waals surface area contributed by atoms with Crippen LogP contribution in [0.4, 0.5) is 15.8 Å². The van der Waals surface area contributed by atoms with Crippen LogP contribution in [0.2, 0.25) is 0 Å². The number of ketones is 1. The molecule has 0 saturated carbocycles. The molecule has 1 atom stereocenters. The molecule has 1 heterocycles. The van der Waals surface area contributed by atoms with Crippen molar-refractivity contribution in [1.29, 1.82) is 0 Å². The predicted octanol–water partition coefficient (Wildman–Crippen LogP) is 4.67. The van der Waals surface area contributed by atoms with Crippen LogP contribution in [0, 0.1) is 22.9 Å². The van der Waals surface area contributed by atoms with Gasteiger partial charge >= 0.3 is 0 Å². The minimum atomic E-state index is -1.27. The Bertz CT molecular complexity index is 1270. The Labute approximate surface area is 182 Å². The highest BCUT2D eigenvalue weighted by Crippen LogP contribution is 2.44. The Morgan fingerprint density at radius 2 is 1.62 bits per heavy atom. The number of Topliss-reactive ketones (excluding diaryl/α,β-unsaturated/α-hetero) is 1. The van der Waals surface area contributed by atoms with Gasteiger partial charge in [-0.15, -0.1) is 0 Å². The first-order valence-corrected chi connectivity index (χ1v) is 9.66. The molecule has 0 aliphatic carbocycles. The molecule has 8 heteroatoms. The number of anilines is 1. The molecule has 1 aliphatic heterocycles. The van der Waals surface area contributed by atoms with Crippen LogP contribution in [0.15, 0.2) is 78.4 Å². The molecule has 0 aromatic heterocycles. The number of nitro benzene ring substituents is 1. The number of para-hydroxylation sites is 1. The molecule has 32 heavy (non-hydrogen) atoms. The minimum Gasteiger partial charge on any atom is -0.507 e. The molecule has 0 unspecified atom stereocenters. The Hall–Kier alpha value is -4.33. The van der Waals surface area contributed by atoms with Crippen molar-refractivity contribution in [3.8, 4) is 0 Å². The summed E-state index contributed by atoms with van der Waals surface area (Å²) >= 11 is 0. The monoisotopic (exact) mass is 432 g/mol. The maximum atomic E-state index is 13.5. The van der Waals surface area contributed by atoms with E-state index in [1.165, 1.54) is 30.3 Å². The predicted molar refractivity (Wildman–Crippen MR) is 115 cm³/mol. The number of nitrogens with zero attached hydrogens (tertiary/aromatic N) is 2. The molecule has 1 N–H and O–H groups in total.